The van der Waals surface area contributed by atoms with Crippen LogP contribution in [0.2, 0.25) is 0 Å². The summed E-state index contributed by atoms with van der Waals surface area (Å²) in [6.07, 6.45) is 7.59. The second kappa shape index (κ2) is 5.44. The lowest BCUT2D eigenvalue weighted by atomic mass is 9.84. The number of rotatable bonds is 5. The van der Waals surface area contributed by atoms with E-state index in [4.69, 9.17) is 0 Å². The van der Waals surface area contributed by atoms with Gasteiger partial charge in [0.1, 0.15) is 10.0 Å². The molecule has 1 heterocycles. The molecule has 0 aliphatic heterocycles. The average Bonchev–Trinajstić information content (AvgIpc) is 2.99. The molecule has 17 heavy (non-hydrogen) atoms. The summed E-state index contributed by atoms with van der Waals surface area (Å²) >= 11 is 1.83. The van der Waals surface area contributed by atoms with Crippen LogP contribution in [0.5, 0.6) is 0 Å². The van der Waals surface area contributed by atoms with Crippen molar-refractivity contribution in [2.24, 2.45) is 0 Å². The summed E-state index contributed by atoms with van der Waals surface area (Å²) in [6, 6.07) is 0.372. The highest BCUT2D eigenvalue weighted by Crippen LogP contribution is 2.45. The van der Waals surface area contributed by atoms with Crippen molar-refractivity contribution in [3.63, 3.8) is 0 Å². The largest absolute Gasteiger partial charge is 0.311 e. The molecule has 1 fully saturated rings. The smallest absolute Gasteiger partial charge is 0.134 e. The molecular weight excluding hydrogens is 230 g/mol. The van der Waals surface area contributed by atoms with Gasteiger partial charge in [-0.25, -0.2) is 0 Å². The second-order valence-electron chi connectivity index (χ2n) is 5.04. The molecule has 2 rings (SSSR count). The number of nitrogens with zero attached hydrogens (tertiary/aromatic N) is 2. The van der Waals surface area contributed by atoms with Crippen molar-refractivity contribution in [1.29, 1.82) is 0 Å². The van der Waals surface area contributed by atoms with E-state index in [2.05, 4.69) is 29.4 Å². The van der Waals surface area contributed by atoms with Crippen LogP contribution >= 0.6 is 11.3 Å². The first-order valence-corrected chi connectivity index (χ1v) is 7.58. The van der Waals surface area contributed by atoms with Crippen molar-refractivity contribution in [2.45, 2.75) is 63.8 Å². The minimum absolute atomic E-state index is 0.349. The van der Waals surface area contributed by atoms with E-state index in [9.17, 15) is 0 Å². The molecule has 0 spiro atoms. The van der Waals surface area contributed by atoms with Gasteiger partial charge < -0.3 is 5.32 Å². The highest BCUT2D eigenvalue weighted by molar-refractivity contribution is 7.11. The van der Waals surface area contributed by atoms with E-state index in [1.165, 1.54) is 37.1 Å². The van der Waals surface area contributed by atoms with Crippen molar-refractivity contribution in [2.75, 3.05) is 7.05 Å². The van der Waals surface area contributed by atoms with Crippen molar-refractivity contribution < 1.29 is 0 Å². The first-order chi connectivity index (χ1) is 8.25. The average molecular weight is 253 g/mol. The van der Waals surface area contributed by atoms with Gasteiger partial charge in [0, 0.05) is 5.41 Å². The number of hydrogen-bond donors (Lipinski definition) is 1. The minimum atomic E-state index is 0.349. The van der Waals surface area contributed by atoms with Gasteiger partial charge in [0.05, 0.1) is 6.04 Å². The van der Waals surface area contributed by atoms with E-state index in [1.807, 2.05) is 18.4 Å². The molecule has 1 aromatic heterocycles. The lowest BCUT2D eigenvalue weighted by Crippen LogP contribution is -2.20. The molecule has 1 N–H and O–H groups in total. The van der Waals surface area contributed by atoms with Crippen molar-refractivity contribution in [3.05, 3.63) is 10.0 Å². The van der Waals surface area contributed by atoms with Crippen LogP contribution in [0.25, 0.3) is 0 Å². The summed E-state index contributed by atoms with van der Waals surface area (Å²) in [7, 11) is 2.00. The lowest BCUT2D eigenvalue weighted by molar-refractivity contribution is 0.419. The predicted molar refractivity (Wildman–Crippen MR) is 72.4 cm³/mol. The molecule has 4 heteroatoms. The van der Waals surface area contributed by atoms with Gasteiger partial charge in [0.25, 0.3) is 0 Å². The Kier molecular flexibility index (Phi) is 4.15. The molecule has 0 bridgehead atoms. The van der Waals surface area contributed by atoms with Crippen LogP contribution in [0.4, 0.5) is 0 Å². The van der Waals surface area contributed by atoms with Gasteiger partial charge in [0.15, 0.2) is 0 Å². The van der Waals surface area contributed by atoms with Gasteiger partial charge in [-0.3, -0.25) is 0 Å². The Morgan fingerprint density at radius 1 is 1.29 bits per heavy atom. The first kappa shape index (κ1) is 13.0. The highest BCUT2D eigenvalue weighted by atomic mass is 32.1. The van der Waals surface area contributed by atoms with Gasteiger partial charge in [0.2, 0.25) is 0 Å². The van der Waals surface area contributed by atoms with Gasteiger partial charge in [-0.15, -0.1) is 10.2 Å². The first-order valence-electron chi connectivity index (χ1n) is 6.77. The fraction of sp³-hybridized carbons (Fsp3) is 0.846. The second-order valence-corrected chi connectivity index (χ2v) is 6.05. The monoisotopic (exact) mass is 253 g/mol. The molecular formula is C13H23N3S. The fourth-order valence-electron chi connectivity index (χ4n) is 2.86. The van der Waals surface area contributed by atoms with Gasteiger partial charge >= 0.3 is 0 Å². The molecule has 0 saturated heterocycles. The summed E-state index contributed by atoms with van der Waals surface area (Å²) in [6.45, 7) is 4.48. The Hall–Kier alpha value is -0.480. The predicted octanol–water partition coefficient (Wildman–Crippen LogP) is 3.43. The quantitative estimate of drug-likeness (QED) is 0.873. The minimum Gasteiger partial charge on any atom is -0.311 e. The van der Waals surface area contributed by atoms with Crippen LogP contribution in [0.3, 0.4) is 0 Å². The van der Waals surface area contributed by atoms with Crippen LogP contribution in [-0.4, -0.2) is 17.2 Å². The summed E-state index contributed by atoms with van der Waals surface area (Å²) in [4.78, 5) is 0. The van der Waals surface area contributed by atoms with Crippen LogP contribution in [0.1, 0.15) is 68.4 Å². The number of nitrogens with one attached hydrogen (secondary N) is 1. The topological polar surface area (TPSA) is 37.8 Å². The fourth-order valence-corrected chi connectivity index (χ4v) is 4.22. The molecule has 3 nitrogen and oxygen atoms in total. The SMILES string of the molecule is CCC(NC)c1nnc(C2(CC)CCCC2)s1. The zero-order valence-corrected chi connectivity index (χ0v) is 11.9. The summed E-state index contributed by atoms with van der Waals surface area (Å²) in [5.74, 6) is 0. The molecule has 1 aliphatic rings. The third-order valence-corrected chi connectivity index (χ3v) is 5.47. The van der Waals surface area contributed by atoms with Crippen LogP contribution in [-0.2, 0) is 5.41 Å². The lowest BCUT2D eigenvalue weighted by Gasteiger charge is -2.23. The maximum absolute atomic E-state index is 4.49. The van der Waals surface area contributed by atoms with E-state index < -0.39 is 0 Å². The van der Waals surface area contributed by atoms with Crippen molar-refractivity contribution in [3.8, 4) is 0 Å². The zero-order valence-electron chi connectivity index (χ0n) is 11.1. The standard InChI is InChI=1S/C13H23N3S/c1-4-10(14-3)11-15-16-12(17-11)13(5-2)8-6-7-9-13/h10,14H,4-9H2,1-3H3. The summed E-state index contributed by atoms with van der Waals surface area (Å²) < 4.78 is 0. The molecule has 0 amide bonds. The highest BCUT2D eigenvalue weighted by Gasteiger charge is 2.37. The van der Waals surface area contributed by atoms with E-state index in [-0.39, 0.29) is 0 Å². The molecule has 0 radical (unpaired) electrons. The summed E-state index contributed by atoms with van der Waals surface area (Å²) in [5, 5.41) is 14.6. The zero-order chi connectivity index (χ0) is 12.3. The third kappa shape index (κ3) is 2.38. The van der Waals surface area contributed by atoms with E-state index in [1.54, 1.807) is 0 Å². The molecule has 96 valence electrons. The van der Waals surface area contributed by atoms with Gasteiger partial charge in [-0.2, -0.15) is 0 Å². The van der Waals surface area contributed by atoms with E-state index in [0.29, 0.717) is 11.5 Å². The maximum atomic E-state index is 4.49. The Balaban J connectivity index is 2.22. The van der Waals surface area contributed by atoms with Crippen LogP contribution < -0.4 is 5.32 Å². The normalized spacial score (nSPS) is 20.6. The van der Waals surface area contributed by atoms with Gasteiger partial charge in [-0.05, 0) is 32.7 Å². The third-order valence-electron chi connectivity index (χ3n) is 4.19. The molecule has 1 aliphatic carbocycles. The maximum Gasteiger partial charge on any atom is 0.134 e. The number of aromatic nitrogens is 2. The Morgan fingerprint density at radius 2 is 2.00 bits per heavy atom. The Bertz CT molecular complexity index is 351. The Labute approximate surface area is 108 Å². The summed E-state index contributed by atoms with van der Waals surface area (Å²) in [5.41, 5.74) is 0.349. The van der Waals surface area contributed by atoms with Crippen LogP contribution in [0.15, 0.2) is 0 Å². The molecule has 1 unspecified atom stereocenters. The van der Waals surface area contributed by atoms with Crippen molar-refractivity contribution in [1.82, 2.24) is 15.5 Å². The molecule has 1 aromatic rings. The van der Waals surface area contributed by atoms with Crippen molar-refractivity contribution >= 4 is 11.3 Å². The Morgan fingerprint density at radius 3 is 2.53 bits per heavy atom. The van der Waals surface area contributed by atoms with Gasteiger partial charge in [-0.1, -0.05) is 38.0 Å². The molecule has 1 atom stereocenters. The molecule has 0 aromatic carbocycles. The van der Waals surface area contributed by atoms with E-state index in [0.717, 1.165) is 11.4 Å². The van der Waals surface area contributed by atoms with Crippen LogP contribution in [0, 0.1) is 0 Å². The van der Waals surface area contributed by atoms with E-state index >= 15 is 0 Å². The number of hydrogen-bond acceptors (Lipinski definition) is 4. The molecule has 1 saturated carbocycles.